The number of rotatable bonds is 4. The minimum atomic E-state index is -0.328. The molecule has 0 saturated carbocycles. The lowest BCUT2D eigenvalue weighted by atomic mass is 10.2. The van der Waals surface area contributed by atoms with Crippen molar-refractivity contribution in [1.82, 2.24) is 10.3 Å². The van der Waals surface area contributed by atoms with E-state index in [4.69, 9.17) is 4.74 Å². The van der Waals surface area contributed by atoms with Gasteiger partial charge in [0.15, 0.2) is 0 Å². The summed E-state index contributed by atoms with van der Waals surface area (Å²) in [6.07, 6.45) is 1.54. The van der Waals surface area contributed by atoms with Crippen molar-refractivity contribution in [3.8, 4) is 5.88 Å². The Morgan fingerprint density at radius 3 is 2.95 bits per heavy atom. The highest BCUT2D eigenvalue weighted by atomic mass is 19.1. The summed E-state index contributed by atoms with van der Waals surface area (Å²) in [6.45, 7) is 0.245. The Kier molecular flexibility index (Phi) is 4.07. The standard InChI is InChI=1S/C14H13FN2O2/c1-19-14-12(6-3-7-16-14)13(18)17-9-10-4-2-5-11(15)8-10/h2-8H,9H2,1H3,(H,17,18). The molecular weight excluding hydrogens is 247 g/mol. The molecule has 0 unspecified atom stereocenters. The quantitative estimate of drug-likeness (QED) is 0.916. The zero-order chi connectivity index (χ0) is 13.7. The molecule has 1 amide bonds. The number of aromatic nitrogens is 1. The van der Waals surface area contributed by atoms with E-state index < -0.39 is 0 Å². The highest BCUT2D eigenvalue weighted by Crippen LogP contribution is 2.13. The first-order chi connectivity index (χ1) is 9.20. The molecule has 0 aliphatic carbocycles. The lowest BCUT2D eigenvalue weighted by molar-refractivity contribution is 0.0947. The van der Waals surface area contributed by atoms with Crippen molar-refractivity contribution in [3.05, 3.63) is 59.5 Å². The molecule has 0 spiro atoms. The average Bonchev–Trinajstić information content (AvgIpc) is 2.45. The van der Waals surface area contributed by atoms with Crippen molar-refractivity contribution in [2.75, 3.05) is 7.11 Å². The molecule has 2 aromatic rings. The maximum atomic E-state index is 13.0. The van der Waals surface area contributed by atoms with Gasteiger partial charge in [0.2, 0.25) is 5.88 Å². The smallest absolute Gasteiger partial charge is 0.257 e. The molecule has 0 aliphatic heterocycles. The van der Waals surface area contributed by atoms with Gasteiger partial charge >= 0.3 is 0 Å². The lowest BCUT2D eigenvalue weighted by Gasteiger charge is -2.08. The largest absolute Gasteiger partial charge is 0.480 e. The maximum absolute atomic E-state index is 13.0. The molecule has 1 aromatic carbocycles. The number of hydrogen-bond donors (Lipinski definition) is 1. The topological polar surface area (TPSA) is 51.2 Å². The molecule has 1 aromatic heterocycles. The molecule has 0 bridgehead atoms. The van der Waals surface area contributed by atoms with E-state index in [2.05, 4.69) is 10.3 Å². The Bertz CT molecular complexity index is 587. The van der Waals surface area contributed by atoms with Crippen LogP contribution in [0.2, 0.25) is 0 Å². The van der Waals surface area contributed by atoms with E-state index in [1.165, 1.54) is 19.2 Å². The number of amides is 1. The molecule has 4 nitrogen and oxygen atoms in total. The summed E-state index contributed by atoms with van der Waals surface area (Å²) >= 11 is 0. The van der Waals surface area contributed by atoms with Crippen LogP contribution in [0.4, 0.5) is 4.39 Å². The number of methoxy groups -OCH3 is 1. The van der Waals surface area contributed by atoms with Crippen LogP contribution in [0.1, 0.15) is 15.9 Å². The van der Waals surface area contributed by atoms with Crippen LogP contribution in [0.5, 0.6) is 5.88 Å². The molecular formula is C14H13FN2O2. The van der Waals surface area contributed by atoms with Crippen molar-refractivity contribution < 1.29 is 13.9 Å². The van der Waals surface area contributed by atoms with E-state index in [0.29, 0.717) is 11.1 Å². The minimum Gasteiger partial charge on any atom is -0.480 e. The van der Waals surface area contributed by atoms with E-state index in [1.807, 2.05) is 0 Å². The Labute approximate surface area is 110 Å². The summed E-state index contributed by atoms with van der Waals surface area (Å²) in [4.78, 5) is 15.9. The van der Waals surface area contributed by atoms with Gasteiger partial charge in [0, 0.05) is 12.7 Å². The van der Waals surface area contributed by atoms with E-state index in [1.54, 1.807) is 30.5 Å². The van der Waals surface area contributed by atoms with Crippen LogP contribution in [-0.2, 0) is 6.54 Å². The number of benzene rings is 1. The lowest BCUT2D eigenvalue weighted by Crippen LogP contribution is -2.23. The number of hydrogen-bond acceptors (Lipinski definition) is 3. The monoisotopic (exact) mass is 260 g/mol. The summed E-state index contributed by atoms with van der Waals surface area (Å²) in [7, 11) is 1.45. The summed E-state index contributed by atoms with van der Waals surface area (Å²) in [5, 5.41) is 2.69. The molecule has 1 heterocycles. The fraction of sp³-hybridized carbons (Fsp3) is 0.143. The number of halogens is 1. The summed E-state index contributed by atoms with van der Waals surface area (Å²) in [6, 6.07) is 9.34. The van der Waals surface area contributed by atoms with Crippen LogP contribution in [-0.4, -0.2) is 18.0 Å². The molecule has 0 fully saturated rings. The zero-order valence-corrected chi connectivity index (χ0v) is 10.4. The maximum Gasteiger partial charge on any atom is 0.257 e. The summed E-state index contributed by atoms with van der Waals surface area (Å²) in [5.74, 6) is -0.376. The van der Waals surface area contributed by atoms with Gasteiger partial charge < -0.3 is 10.1 Å². The summed E-state index contributed by atoms with van der Waals surface area (Å²) in [5.41, 5.74) is 1.04. The third-order valence-electron chi connectivity index (χ3n) is 2.55. The van der Waals surface area contributed by atoms with E-state index in [-0.39, 0.29) is 24.1 Å². The first kappa shape index (κ1) is 13.0. The predicted molar refractivity (Wildman–Crippen MR) is 68.4 cm³/mol. The Hall–Kier alpha value is -2.43. The second-order valence-corrected chi connectivity index (χ2v) is 3.87. The van der Waals surface area contributed by atoms with Gasteiger partial charge in [-0.3, -0.25) is 4.79 Å². The van der Waals surface area contributed by atoms with Gasteiger partial charge in [-0.25, -0.2) is 9.37 Å². The fourth-order valence-corrected chi connectivity index (χ4v) is 1.65. The molecule has 5 heteroatoms. The molecule has 1 N–H and O–H groups in total. The predicted octanol–water partition coefficient (Wildman–Crippen LogP) is 2.16. The van der Waals surface area contributed by atoms with Crippen LogP contribution in [0.15, 0.2) is 42.6 Å². The van der Waals surface area contributed by atoms with E-state index >= 15 is 0 Å². The van der Waals surface area contributed by atoms with Gasteiger partial charge in [0.1, 0.15) is 11.4 Å². The average molecular weight is 260 g/mol. The molecule has 0 aliphatic rings. The van der Waals surface area contributed by atoms with Crippen LogP contribution < -0.4 is 10.1 Å². The molecule has 0 saturated heterocycles. The number of pyridine rings is 1. The first-order valence-corrected chi connectivity index (χ1v) is 5.72. The Balaban J connectivity index is 2.05. The first-order valence-electron chi connectivity index (χ1n) is 5.72. The SMILES string of the molecule is COc1ncccc1C(=O)NCc1cccc(F)c1. The molecule has 0 radical (unpaired) electrons. The van der Waals surface area contributed by atoms with E-state index in [0.717, 1.165) is 0 Å². The second kappa shape index (κ2) is 5.95. The second-order valence-electron chi connectivity index (χ2n) is 3.87. The van der Waals surface area contributed by atoms with E-state index in [9.17, 15) is 9.18 Å². The number of carbonyl (C=O) groups excluding carboxylic acids is 1. The highest BCUT2D eigenvalue weighted by molar-refractivity contribution is 5.96. The molecule has 0 atom stereocenters. The number of ether oxygens (including phenoxy) is 1. The highest BCUT2D eigenvalue weighted by Gasteiger charge is 2.12. The number of carbonyl (C=O) groups is 1. The van der Waals surface area contributed by atoms with Crippen molar-refractivity contribution in [3.63, 3.8) is 0 Å². The normalized spacial score (nSPS) is 10.0. The molecule has 2 rings (SSSR count). The van der Waals surface area contributed by atoms with Gasteiger partial charge in [-0.2, -0.15) is 0 Å². The van der Waals surface area contributed by atoms with Gasteiger partial charge in [0.25, 0.3) is 5.91 Å². The van der Waals surface area contributed by atoms with Crippen LogP contribution in [0, 0.1) is 5.82 Å². The van der Waals surface area contributed by atoms with Crippen LogP contribution in [0.25, 0.3) is 0 Å². The van der Waals surface area contributed by atoms with Crippen molar-refractivity contribution in [2.24, 2.45) is 0 Å². The van der Waals surface area contributed by atoms with Crippen molar-refractivity contribution in [1.29, 1.82) is 0 Å². The minimum absolute atomic E-state index is 0.245. The van der Waals surface area contributed by atoms with Crippen LogP contribution >= 0.6 is 0 Å². The van der Waals surface area contributed by atoms with Crippen LogP contribution in [0.3, 0.4) is 0 Å². The number of nitrogens with zero attached hydrogens (tertiary/aromatic N) is 1. The van der Waals surface area contributed by atoms with Gasteiger partial charge in [-0.1, -0.05) is 12.1 Å². The Morgan fingerprint density at radius 2 is 2.21 bits per heavy atom. The third kappa shape index (κ3) is 3.28. The Morgan fingerprint density at radius 1 is 1.37 bits per heavy atom. The third-order valence-corrected chi connectivity index (χ3v) is 2.55. The van der Waals surface area contributed by atoms with Crippen molar-refractivity contribution >= 4 is 5.91 Å². The van der Waals surface area contributed by atoms with Crippen molar-refractivity contribution in [2.45, 2.75) is 6.54 Å². The van der Waals surface area contributed by atoms with Gasteiger partial charge in [-0.15, -0.1) is 0 Å². The zero-order valence-electron chi connectivity index (χ0n) is 10.4. The van der Waals surface area contributed by atoms with Gasteiger partial charge in [-0.05, 0) is 29.8 Å². The summed E-state index contributed by atoms with van der Waals surface area (Å²) < 4.78 is 18.0. The molecule has 98 valence electrons. The number of nitrogens with one attached hydrogen (secondary N) is 1. The molecule has 19 heavy (non-hydrogen) atoms. The van der Waals surface area contributed by atoms with Gasteiger partial charge in [0.05, 0.1) is 7.11 Å². The fourth-order valence-electron chi connectivity index (χ4n) is 1.65.